The van der Waals surface area contributed by atoms with E-state index in [1.54, 1.807) is 4.90 Å². The lowest BCUT2D eigenvalue weighted by Crippen LogP contribution is -2.48. The summed E-state index contributed by atoms with van der Waals surface area (Å²) in [5, 5.41) is 3.28. The van der Waals surface area contributed by atoms with Crippen molar-refractivity contribution in [3.63, 3.8) is 0 Å². The standard InChI is InChI=1S/C16H24N2O2/c1-13-6-8-14(9-7-13)20-12-11-18(2)16(19)15-5-3-4-10-17-15/h6-9,15,17H,3-5,10-12H2,1-2H3/t15-/m1/s1. The van der Waals surface area contributed by atoms with Crippen molar-refractivity contribution in [1.82, 2.24) is 10.2 Å². The zero-order valence-electron chi connectivity index (χ0n) is 12.4. The van der Waals surface area contributed by atoms with Crippen LogP contribution in [-0.2, 0) is 4.79 Å². The molecule has 1 aliphatic heterocycles. The summed E-state index contributed by atoms with van der Waals surface area (Å²) in [7, 11) is 1.84. The highest BCUT2D eigenvalue weighted by molar-refractivity contribution is 5.81. The molecule has 2 rings (SSSR count). The van der Waals surface area contributed by atoms with Crippen LogP contribution in [0.15, 0.2) is 24.3 Å². The summed E-state index contributed by atoms with van der Waals surface area (Å²) in [5.74, 6) is 1.03. The van der Waals surface area contributed by atoms with Crippen LogP contribution < -0.4 is 10.1 Å². The van der Waals surface area contributed by atoms with Gasteiger partial charge in [0.2, 0.25) is 5.91 Å². The molecule has 4 nitrogen and oxygen atoms in total. The second kappa shape index (κ2) is 7.29. The first kappa shape index (κ1) is 14.9. The molecule has 0 bridgehead atoms. The maximum absolute atomic E-state index is 12.2. The Morgan fingerprint density at radius 3 is 2.75 bits per heavy atom. The van der Waals surface area contributed by atoms with Gasteiger partial charge in [0.05, 0.1) is 12.6 Å². The van der Waals surface area contributed by atoms with E-state index in [9.17, 15) is 4.79 Å². The molecule has 0 saturated carbocycles. The number of carbonyl (C=O) groups excluding carboxylic acids is 1. The van der Waals surface area contributed by atoms with Gasteiger partial charge in [0, 0.05) is 7.05 Å². The van der Waals surface area contributed by atoms with E-state index >= 15 is 0 Å². The number of amides is 1. The Morgan fingerprint density at radius 1 is 1.35 bits per heavy atom. The maximum atomic E-state index is 12.2. The third-order valence-corrected chi connectivity index (χ3v) is 3.70. The third-order valence-electron chi connectivity index (χ3n) is 3.70. The van der Waals surface area contributed by atoms with E-state index in [0.29, 0.717) is 13.2 Å². The minimum Gasteiger partial charge on any atom is -0.492 e. The minimum atomic E-state index is -0.00637. The molecule has 1 aliphatic rings. The van der Waals surface area contributed by atoms with E-state index in [1.807, 2.05) is 38.2 Å². The van der Waals surface area contributed by atoms with Gasteiger partial charge in [-0.2, -0.15) is 0 Å². The van der Waals surface area contributed by atoms with Crippen molar-refractivity contribution in [2.24, 2.45) is 0 Å². The van der Waals surface area contributed by atoms with Crippen LogP contribution in [-0.4, -0.2) is 43.6 Å². The summed E-state index contributed by atoms with van der Waals surface area (Å²) in [6.07, 6.45) is 3.25. The minimum absolute atomic E-state index is 0.00637. The zero-order chi connectivity index (χ0) is 14.4. The molecule has 1 N–H and O–H groups in total. The highest BCUT2D eigenvalue weighted by Gasteiger charge is 2.23. The number of benzene rings is 1. The smallest absolute Gasteiger partial charge is 0.239 e. The molecule has 0 unspecified atom stereocenters. The molecule has 1 heterocycles. The fourth-order valence-corrected chi connectivity index (χ4v) is 2.37. The largest absolute Gasteiger partial charge is 0.492 e. The van der Waals surface area contributed by atoms with Gasteiger partial charge in [-0.3, -0.25) is 4.79 Å². The number of piperidine rings is 1. The fourth-order valence-electron chi connectivity index (χ4n) is 2.37. The highest BCUT2D eigenvalue weighted by Crippen LogP contribution is 2.12. The number of rotatable bonds is 5. The third kappa shape index (κ3) is 4.23. The molecular weight excluding hydrogens is 252 g/mol. The summed E-state index contributed by atoms with van der Waals surface area (Å²) in [6, 6.07) is 7.96. The Labute approximate surface area is 121 Å². The van der Waals surface area contributed by atoms with Crippen molar-refractivity contribution < 1.29 is 9.53 Å². The Morgan fingerprint density at radius 2 is 2.10 bits per heavy atom. The van der Waals surface area contributed by atoms with Crippen LogP contribution in [0.4, 0.5) is 0 Å². The molecule has 0 radical (unpaired) electrons. The molecule has 1 fully saturated rings. The first-order chi connectivity index (χ1) is 9.66. The summed E-state index contributed by atoms with van der Waals surface area (Å²) in [5.41, 5.74) is 1.22. The Bertz CT molecular complexity index is 425. The van der Waals surface area contributed by atoms with Gasteiger partial charge in [-0.25, -0.2) is 0 Å². The van der Waals surface area contributed by atoms with Crippen molar-refractivity contribution in [2.45, 2.75) is 32.2 Å². The van der Waals surface area contributed by atoms with E-state index in [-0.39, 0.29) is 11.9 Å². The summed E-state index contributed by atoms with van der Waals surface area (Å²) in [4.78, 5) is 14.0. The zero-order valence-corrected chi connectivity index (χ0v) is 12.4. The lowest BCUT2D eigenvalue weighted by Gasteiger charge is -2.27. The van der Waals surface area contributed by atoms with Crippen LogP contribution in [0.25, 0.3) is 0 Å². The number of likely N-dealkylation sites (N-methyl/N-ethyl adjacent to an activating group) is 1. The van der Waals surface area contributed by atoms with E-state index in [4.69, 9.17) is 4.74 Å². The van der Waals surface area contributed by atoms with Gasteiger partial charge in [-0.15, -0.1) is 0 Å². The van der Waals surface area contributed by atoms with Crippen LogP contribution in [0.2, 0.25) is 0 Å². The summed E-state index contributed by atoms with van der Waals surface area (Å²) in [6.45, 7) is 4.14. The van der Waals surface area contributed by atoms with Crippen molar-refractivity contribution in [3.8, 4) is 5.75 Å². The average Bonchev–Trinajstić information content (AvgIpc) is 2.49. The average molecular weight is 276 g/mol. The van der Waals surface area contributed by atoms with Crippen molar-refractivity contribution in [1.29, 1.82) is 0 Å². The molecule has 1 saturated heterocycles. The number of nitrogens with zero attached hydrogens (tertiary/aromatic N) is 1. The Kier molecular flexibility index (Phi) is 5.41. The van der Waals surface area contributed by atoms with E-state index in [0.717, 1.165) is 25.1 Å². The molecular formula is C16H24N2O2. The summed E-state index contributed by atoms with van der Waals surface area (Å²) >= 11 is 0. The second-order valence-electron chi connectivity index (χ2n) is 5.42. The molecule has 1 atom stereocenters. The lowest BCUT2D eigenvalue weighted by atomic mass is 10.0. The molecule has 0 aliphatic carbocycles. The van der Waals surface area contributed by atoms with Crippen LogP contribution in [0.3, 0.4) is 0 Å². The fraction of sp³-hybridized carbons (Fsp3) is 0.562. The van der Waals surface area contributed by atoms with Crippen LogP contribution in [0.1, 0.15) is 24.8 Å². The van der Waals surface area contributed by atoms with Crippen LogP contribution in [0, 0.1) is 6.92 Å². The monoisotopic (exact) mass is 276 g/mol. The van der Waals surface area contributed by atoms with E-state index < -0.39 is 0 Å². The van der Waals surface area contributed by atoms with Crippen LogP contribution in [0.5, 0.6) is 5.75 Å². The predicted molar refractivity (Wildman–Crippen MR) is 80.0 cm³/mol. The van der Waals surface area contributed by atoms with Gasteiger partial charge in [-0.1, -0.05) is 24.1 Å². The second-order valence-corrected chi connectivity index (χ2v) is 5.42. The van der Waals surface area contributed by atoms with Crippen molar-refractivity contribution >= 4 is 5.91 Å². The number of nitrogens with one attached hydrogen (secondary N) is 1. The van der Waals surface area contributed by atoms with E-state index in [1.165, 1.54) is 12.0 Å². The Hall–Kier alpha value is -1.55. The molecule has 4 heteroatoms. The van der Waals surface area contributed by atoms with Gasteiger partial charge in [0.1, 0.15) is 12.4 Å². The van der Waals surface area contributed by atoms with Gasteiger partial charge < -0.3 is 15.0 Å². The SMILES string of the molecule is Cc1ccc(OCCN(C)C(=O)[C@H]2CCCCN2)cc1. The highest BCUT2D eigenvalue weighted by atomic mass is 16.5. The molecule has 1 aromatic rings. The number of hydrogen-bond donors (Lipinski definition) is 1. The molecule has 1 amide bonds. The molecule has 0 aromatic heterocycles. The maximum Gasteiger partial charge on any atom is 0.239 e. The number of ether oxygens (including phenoxy) is 1. The van der Waals surface area contributed by atoms with Crippen molar-refractivity contribution in [2.75, 3.05) is 26.7 Å². The van der Waals surface area contributed by atoms with Gasteiger partial charge >= 0.3 is 0 Å². The molecule has 110 valence electrons. The first-order valence-electron chi connectivity index (χ1n) is 7.34. The molecule has 0 spiro atoms. The first-order valence-corrected chi connectivity index (χ1v) is 7.34. The topological polar surface area (TPSA) is 41.6 Å². The number of aryl methyl sites for hydroxylation is 1. The van der Waals surface area contributed by atoms with Gasteiger partial charge in [-0.05, 0) is 38.4 Å². The van der Waals surface area contributed by atoms with Gasteiger partial charge in [0.25, 0.3) is 0 Å². The molecule has 1 aromatic carbocycles. The van der Waals surface area contributed by atoms with Crippen LogP contribution >= 0.6 is 0 Å². The molecule has 20 heavy (non-hydrogen) atoms. The Balaban J connectivity index is 1.72. The summed E-state index contributed by atoms with van der Waals surface area (Å²) < 4.78 is 5.65. The lowest BCUT2D eigenvalue weighted by molar-refractivity contribution is -0.133. The number of carbonyl (C=O) groups is 1. The number of hydrogen-bond acceptors (Lipinski definition) is 3. The quantitative estimate of drug-likeness (QED) is 0.894. The predicted octanol–water partition coefficient (Wildman–Crippen LogP) is 1.97. The van der Waals surface area contributed by atoms with Crippen molar-refractivity contribution in [3.05, 3.63) is 29.8 Å². The van der Waals surface area contributed by atoms with E-state index in [2.05, 4.69) is 5.32 Å². The normalized spacial score (nSPS) is 18.6. The van der Waals surface area contributed by atoms with Gasteiger partial charge in [0.15, 0.2) is 0 Å².